The molecule has 7 nitrogen and oxygen atoms in total. The first-order chi connectivity index (χ1) is 28.5. The predicted octanol–water partition coefficient (Wildman–Crippen LogP) is 13.4. The Bertz CT molecular complexity index is 2720. The molecule has 0 unspecified atom stereocenters. The molecule has 304 valence electrons. The summed E-state index contributed by atoms with van der Waals surface area (Å²) in [5, 5.41) is -11.1. The summed E-state index contributed by atoms with van der Waals surface area (Å²) in [7, 11) is -6.50. The molecule has 0 aliphatic rings. The Kier molecular flexibility index (Phi) is 11.9. The molecule has 13 heteroatoms. The molecular formula is C47H34F4O7S2. The number of carbonyl (C=O) groups excluding carboxylic acids is 1. The minimum atomic E-state index is -6.50. The SMILES string of the molecule is Cc1ccc(C(=O)c2ccc(Oc3ccc(-c4ccc(Oc5ccc(Oc6ccc(-c7ccc(C)cc7)cc6)c(SC(F)(F)C(F)(F)S(=O)(=O)O)c5)cc4)cc3)cc2)cc1. The van der Waals surface area contributed by atoms with Crippen LogP contribution in [0.3, 0.4) is 0 Å². The number of ether oxygens (including phenoxy) is 3. The maximum atomic E-state index is 14.9. The number of alkyl halides is 4. The highest BCUT2D eigenvalue weighted by Gasteiger charge is 2.66. The van der Waals surface area contributed by atoms with Crippen LogP contribution in [0.5, 0.6) is 34.5 Å². The molecule has 0 heterocycles. The Hall–Kier alpha value is -6.41. The van der Waals surface area contributed by atoms with Gasteiger partial charge in [0.05, 0.1) is 4.90 Å². The Balaban J connectivity index is 1.04. The topological polar surface area (TPSA) is 99.1 Å². The second-order valence-electron chi connectivity index (χ2n) is 13.7. The van der Waals surface area contributed by atoms with Crippen molar-refractivity contribution in [2.75, 3.05) is 0 Å². The zero-order valence-electron chi connectivity index (χ0n) is 31.8. The molecule has 7 aromatic rings. The number of ketones is 1. The standard InChI is InChI=1S/C47H34F4O7S2/c1-30-3-7-32(8-4-30)33-15-23-41(24-16-33)58-43-28-27-42(29-44(43)59-46(48,49)47(50,51)60(53,54)55)57-40-21-13-35(14-22-40)34-11-19-38(20-12-34)56-39-25-17-37(18-26-39)45(52)36-9-5-31(2)6-10-36/h3-29H,1-2H3,(H,53,54,55). The molecule has 0 atom stereocenters. The average Bonchev–Trinajstić information content (AvgIpc) is 3.23. The fourth-order valence-corrected chi connectivity index (χ4v) is 7.42. The van der Waals surface area contributed by atoms with Gasteiger partial charge >= 0.3 is 20.6 Å². The number of benzene rings is 7. The molecule has 7 rings (SSSR count). The van der Waals surface area contributed by atoms with Gasteiger partial charge in [-0.3, -0.25) is 9.35 Å². The lowest BCUT2D eigenvalue weighted by atomic mass is 10.0. The van der Waals surface area contributed by atoms with Crippen molar-refractivity contribution in [1.82, 2.24) is 0 Å². The van der Waals surface area contributed by atoms with E-state index in [9.17, 15) is 30.8 Å². The number of aryl methyl sites for hydroxylation is 2. The van der Waals surface area contributed by atoms with Crippen molar-refractivity contribution in [2.24, 2.45) is 0 Å². The first kappa shape index (κ1) is 41.7. The fourth-order valence-electron chi connectivity index (χ4n) is 5.90. The van der Waals surface area contributed by atoms with Gasteiger partial charge in [0.1, 0.15) is 34.5 Å². The van der Waals surface area contributed by atoms with Gasteiger partial charge in [-0.05, 0) is 127 Å². The molecule has 0 aliphatic heterocycles. The number of hydrogen-bond donors (Lipinski definition) is 1. The zero-order valence-corrected chi connectivity index (χ0v) is 33.4. The molecule has 7 aromatic carbocycles. The van der Waals surface area contributed by atoms with Crippen molar-refractivity contribution >= 4 is 27.7 Å². The van der Waals surface area contributed by atoms with Gasteiger partial charge in [-0.2, -0.15) is 26.0 Å². The summed E-state index contributed by atoms with van der Waals surface area (Å²) in [6.07, 6.45) is 0. The molecule has 0 aromatic heterocycles. The largest absolute Gasteiger partial charge is 0.457 e. The third kappa shape index (κ3) is 9.55. The molecule has 0 spiro atoms. The highest BCUT2D eigenvalue weighted by molar-refractivity contribution is 8.01. The van der Waals surface area contributed by atoms with Crippen molar-refractivity contribution in [3.05, 3.63) is 186 Å². The summed E-state index contributed by atoms with van der Waals surface area (Å²) in [6, 6.07) is 46.2. The van der Waals surface area contributed by atoms with Gasteiger partial charge in [0.15, 0.2) is 5.78 Å². The van der Waals surface area contributed by atoms with Crippen LogP contribution >= 0.6 is 11.8 Å². The van der Waals surface area contributed by atoms with Gasteiger partial charge in [-0.15, -0.1) is 0 Å². The smallest absolute Gasteiger partial charge is 0.442 e. The number of carbonyl (C=O) groups is 1. The average molecular weight is 851 g/mol. The Morgan fingerprint density at radius 3 is 1.27 bits per heavy atom. The summed E-state index contributed by atoms with van der Waals surface area (Å²) in [6.45, 7) is 3.91. The van der Waals surface area contributed by atoms with E-state index in [1.165, 1.54) is 12.1 Å². The van der Waals surface area contributed by atoms with E-state index < -0.39 is 37.3 Å². The van der Waals surface area contributed by atoms with E-state index >= 15 is 0 Å². The van der Waals surface area contributed by atoms with E-state index in [0.29, 0.717) is 22.6 Å². The Labute approximate surface area is 348 Å². The van der Waals surface area contributed by atoms with E-state index in [-0.39, 0.29) is 28.8 Å². The quantitative estimate of drug-likeness (QED) is 0.0500. The molecule has 0 fully saturated rings. The van der Waals surface area contributed by atoms with Crippen molar-refractivity contribution in [1.29, 1.82) is 0 Å². The predicted molar refractivity (Wildman–Crippen MR) is 224 cm³/mol. The van der Waals surface area contributed by atoms with Crippen LogP contribution in [0.4, 0.5) is 17.6 Å². The lowest BCUT2D eigenvalue weighted by Crippen LogP contribution is -2.44. The highest BCUT2D eigenvalue weighted by Crippen LogP contribution is 2.52. The fraction of sp³-hybridized carbons (Fsp3) is 0.0851. The maximum Gasteiger partial charge on any atom is 0.442 e. The van der Waals surface area contributed by atoms with Crippen LogP contribution in [0.25, 0.3) is 22.3 Å². The van der Waals surface area contributed by atoms with E-state index in [0.717, 1.165) is 39.4 Å². The van der Waals surface area contributed by atoms with Crippen LogP contribution in [0, 0.1) is 13.8 Å². The van der Waals surface area contributed by atoms with Crippen LogP contribution in [0.2, 0.25) is 0 Å². The monoisotopic (exact) mass is 850 g/mol. The van der Waals surface area contributed by atoms with Gasteiger partial charge < -0.3 is 14.2 Å². The molecular weight excluding hydrogens is 817 g/mol. The summed E-state index contributed by atoms with van der Waals surface area (Å²) in [5.41, 5.74) is 6.67. The number of hydrogen-bond acceptors (Lipinski definition) is 7. The summed E-state index contributed by atoms with van der Waals surface area (Å²) in [5.74, 6) is 1.14. The van der Waals surface area contributed by atoms with E-state index in [1.54, 1.807) is 97.1 Å². The van der Waals surface area contributed by atoms with Crippen molar-refractivity contribution in [3.63, 3.8) is 0 Å². The van der Waals surface area contributed by atoms with E-state index in [1.807, 2.05) is 62.4 Å². The second-order valence-corrected chi connectivity index (χ2v) is 16.3. The van der Waals surface area contributed by atoms with Crippen molar-refractivity contribution in [3.8, 4) is 56.8 Å². The van der Waals surface area contributed by atoms with Gasteiger partial charge in [0.25, 0.3) is 0 Å². The van der Waals surface area contributed by atoms with Crippen molar-refractivity contribution in [2.45, 2.75) is 29.3 Å². The summed E-state index contributed by atoms with van der Waals surface area (Å²) in [4.78, 5) is 12.2. The van der Waals surface area contributed by atoms with Crippen LogP contribution in [-0.4, -0.2) is 29.3 Å². The number of rotatable bonds is 14. The van der Waals surface area contributed by atoms with Gasteiger partial charge in [0.2, 0.25) is 0 Å². The molecule has 0 aliphatic carbocycles. The van der Waals surface area contributed by atoms with Crippen LogP contribution in [0.1, 0.15) is 27.0 Å². The third-order valence-electron chi connectivity index (χ3n) is 9.23. The zero-order chi connectivity index (χ0) is 42.7. The highest BCUT2D eigenvalue weighted by atomic mass is 32.2. The van der Waals surface area contributed by atoms with Gasteiger partial charge in [-0.25, -0.2) is 0 Å². The first-order valence-electron chi connectivity index (χ1n) is 18.2. The van der Waals surface area contributed by atoms with E-state index in [4.69, 9.17) is 18.8 Å². The molecule has 0 amide bonds. The maximum absolute atomic E-state index is 14.9. The van der Waals surface area contributed by atoms with E-state index in [2.05, 4.69) is 0 Å². The Morgan fingerprint density at radius 2 is 0.833 bits per heavy atom. The molecule has 0 radical (unpaired) electrons. The lowest BCUT2D eigenvalue weighted by molar-refractivity contribution is -0.0946. The summed E-state index contributed by atoms with van der Waals surface area (Å²) < 4.78 is 108. The minimum absolute atomic E-state index is 0.0488. The third-order valence-corrected chi connectivity index (χ3v) is 11.3. The van der Waals surface area contributed by atoms with Crippen LogP contribution in [0.15, 0.2) is 169 Å². The molecule has 0 bridgehead atoms. The normalized spacial score (nSPS) is 11.8. The molecule has 0 saturated carbocycles. The second kappa shape index (κ2) is 17.1. The van der Waals surface area contributed by atoms with Gasteiger partial charge in [-0.1, -0.05) is 96.1 Å². The first-order valence-corrected chi connectivity index (χ1v) is 20.5. The Morgan fingerprint density at radius 1 is 0.500 bits per heavy atom. The molecule has 1 N–H and O–H groups in total. The minimum Gasteiger partial charge on any atom is -0.457 e. The molecule has 0 saturated heterocycles. The lowest BCUT2D eigenvalue weighted by Gasteiger charge is -2.24. The summed E-state index contributed by atoms with van der Waals surface area (Å²) >= 11 is -0.797. The van der Waals surface area contributed by atoms with Crippen LogP contribution in [-0.2, 0) is 10.1 Å². The molecule has 60 heavy (non-hydrogen) atoms. The number of thioether (sulfide) groups is 1. The number of halogens is 4. The van der Waals surface area contributed by atoms with Crippen molar-refractivity contribution < 1.29 is 49.5 Å². The van der Waals surface area contributed by atoms with Gasteiger partial charge in [0, 0.05) is 11.1 Å². The van der Waals surface area contributed by atoms with Crippen LogP contribution < -0.4 is 14.2 Å².